The minimum absolute atomic E-state index is 0.121. The first-order valence-corrected chi connectivity index (χ1v) is 7.43. The summed E-state index contributed by atoms with van der Waals surface area (Å²) in [5.41, 5.74) is -1.28. The fraction of sp³-hybridized carbons (Fsp3) is 0.750. The van der Waals surface area contributed by atoms with Gasteiger partial charge in [0.15, 0.2) is 5.12 Å². The quantitative estimate of drug-likeness (QED) is 0.464. The van der Waals surface area contributed by atoms with Crippen LogP contribution in [-0.4, -0.2) is 45.6 Å². The number of carboxylic acid groups (broad SMARTS) is 1. The number of thioether (sulfide) groups is 1. The Balaban J connectivity index is 4.67. The summed E-state index contributed by atoms with van der Waals surface area (Å²) >= 11 is 0.818. The van der Waals surface area contributed by atoms with Crippen molar-refractivity contribution < 1.29 is 29.4 Å². The summed E-state index contributed by atoms with van der Waals surface area (Å²) in [5.74, 6) is -2.37. The van der Waals surface area contributed by atoms with Crippen LogP contribution in [0.4, 0.5) is 0 Å². The molecule has 0 aliphatic carbocycles. The predicted octanol–water partition coefficient (Wildman–Crippen LogP) is 0.706. The monoisotopic (exact) mass is 336 g/mol. The Bertz CT molecular complexity index is 451. The van der Waals surface area contributed by atoms with Crippen LogP contribution in [0.1, 0.15) is 27.7 Å². The first-order valence-electron chi connectivity index (χ1n) is 6.45. The Labute approximate surface area is 131 Å². The summed E-state index contributed by atoms with van der Waals surface area (Å²) in [4.78, 5) is 48.9. The number of carbonyl (C=O) groups excluding carboxylic acids is 2. The van der Waals surface area contributed by atoms with Crippen molar-refractivity contribution in [2.24, 2.45) is 11.3 Å². The summed E-state index contributed by atoms with van der Waals surface area (Å²) in [5, 5.41) is 20.3. The van der Waals surface area contributed by atoms with Crippen LogP contribution >= 0.6 is 11.8 Å². The summed E-state index contributed by atoms with van der Waals surface area (Å²) in [6.45, 7) is 5.63. The maximum absolute atomic E-state index is 12.0. The van der Waals surface area contributed by atoms with Gasteiger partial charge in [-0.15, -0.1) is 10.1 Å². The van der Waals surface area contributed by atoms with E-state index in [9.17, 15) is 24.5 Å². The molecule has 0 aliphatic rings. The van der Waals surface area contributed by atoms with Gasteiger partial charge in [-0.3, -0.25) is 9.59 Å². The van der Waals surface area contributed by atoms with E-state index in [1.54, 1.807) is 13.8 Å². The molecule has 9 nitrogen and oxygen atoms in total. The van der Waals surface area contributed by atoms with E-state index in [4.69, 9.17) is 5.11 Å². The average molecular weight is 336 g/mol. The van der Waals surface area contributed by atoms with Crippen molar-refractivity contribution in [2.75, 3.05) is 12.4 Å². The lowest BCUT2D eigenvalue weighted by molar-refractivity contribution is -0.760. The Kier molecular flexibility index (Phi) is 7.85. The van der Waals surface area contributed by atoms with Crippen LogP contribution in [0.15, 0.2) is 0 Å². The molecule has 0 heterocycles. The van der Waals surface area contributed by atoms with Crippen LogP contribution in [0.5, 0.6) is 0 Å². The molecule has 0 aromatic rings. The van der Waals surface area contributed by atoms with Crippen molar-refractivity contribution in [3.63, 3.8) is 0 Å². The number of rotatable bonds is 9. The molecule has 1 amide bonds. The van der Waals surface area contributed by atoms with E-state index in [1.807, 2.05) is 0 Å². The molecule has 0 saturated carbocycles. The van der Waals surface area contributed by atoms with Crippen LogP contribution in [0, 0.1) is 21.4 Å². The zero-order chi connectivity index (χ0) is 17.5. The van der Waals surface area contributed by atoms with Crippen LogP contribution in [-0.2, 0) is 19.2 Å². The molecule has 0 fully saturated rings. The molecule has 0 spiro atoms. The molecule has 0 bridgehead atoms. The van der Waals surface area contributed by atoms with Crippen molar-refractivity contribution in [3.8, 4) is 0 Å². The van der Waals surface area contributed by atoms with Gasteiger partial charge in [-0.05, 0) is 13.8 Å². The second-order valence-electron chi connectivity index (χ2n) is 5.53. The minimum Gasteiger partial charge on any atom is -0.480 e. The third-order valence-electron chi connectivity index (χ3n) is 2.61. The normalized spacial score (nSPS) is 12.6. The molecule has 126 valence electrons. The molecule has 1 unspecified atom stereocenters. The Morgan fingerprint density at radius 3 is 2.32 bits per heavy atom. The van der Waals surface area contributed by atoms with E-state index in [0.29, 0.717) is 0 Å². The van der Waals surface area contributed by atoms with Gasteiger partial charge in [-0.2, -0.15) is 0 Å². The number of aliphatic carboxylic acids is 1. The SMILES string of the molecule is CC(C)C(=O)SCC(NC(=O)C(C)(C)CO[N+](=O)[O-])C(=O)O. The van der Waals surface area contributed by atoms with Gasteiger partial charge in [0.1, 0.15) is 12.6 Å². The fourth-order valence-electron chi connectivity index (χ4n) is 1.14. The van der Waals surface area contributed by atoms with Crippen molar-refractivity contribution in [2.45, 2.75) is 33.7 Å². The van der Waals surface area contributed by atoms with E-state index in [1.165, 1.54) is 13.8 Å². The third kappa shape index (κ3) is 7.25. The Hall–Kier alpha value is -1.84. The highest BCUT2D eigenvalue weighted by molar-refractivity contribution is 8.13. The highest BCUT2D eigenvalue weighted by Gasteiger charge is 2.33. The van der Waals surface area contributed by atoms with E-state index >= 15 is 0 Å². The van der Waals surface area contributed by atoms with Gasteiger partial charge >= 0.3 is 5.97 Å². The maximum Gasteiger partial charge on any atom is 0.327 e. The largest absolute Gasteiger partial charge is 0.480 e. The van der Waals surface area contributed by atoms with Gasteiger partial charge in [0.25, 0.3) is 5.09 Å². The average Bonchev–Trinajstić information content (AvgIpc) is 2.39. The summed E-state index contributed by atoms with van der Waals surface area (Å²) in [6, 6.07) is -1.27. The number of nitrogens with zero attached hydrogens (tertiary/aromatic N) is 1. The lowest BCUT2D eigenvalue weighted by Gasteiger charge is -2.24. The topological polar surface area (TPSA) is 136 Å². The summed E-state index contributed by atoms with van der Waals surface area (Å²) in [7, 11) is 0. The molecule has 0 aromatic heterocycles. The smallest absolute Gasteiger partial charge is 0.327 e. The van der Waals surface area contributed by atoms with Crippen LogP contribution in [0.3, 0.4) is 0 Å². The highest BCUT2D eigenvalue weighted by atomic mass is 32.2. The first-order chi connectivity index (χ1) is 9.97. The highest BCUT2D eigenvalue weighted by Crippen LogP contribution is 2.17. The van der Waals surface area contributed by atoms with E-state index < -0.39 is 35.0 Å². The lowest BCUT2D eigenvalue weighted by Crippen LogP contribution is -2.49. The van der Waals surface area contributed by atoms with Gasteiger partial charge in [0.05, 0.1) is 5.41 Å². The Morgan fingerprint density at radius 2 is 1.91 bits per heavy atom. The van der Waals surface area contributed by atoms with Crippen LogP contribution in [0.25, 0.3) is 0 Å². The maximum atomic E-state index is 12.0. The molecule has 22 heavy (non-hydrogen) atoms. The molecular formula is C12H20N2O7S. The number of carbonyl (C=O) groups is 3. The van der Waals surface area contributed by atoms with E-state index in [0.717, 1.165) is 11.8 Å². The molecule has 0 saturated heterocycles. The first kappa shape index (κ1) is 20.2. The third-order valence-corrected chi connectivity index (χ3v) is 3.87. The molecule has 10 heteroatoms. The summed E-state index contributed by atoms with van der Waals surface area (Å²) < 4.78 is 0. The van der Waals surface area contributed by atoms with Crippen LogP contribution in [0.2, 0.25) is 0 Å². The molecule has 0 aliphatic heterocycles. The lowest BCUT2D eigenvalue weighted by atomic mass is 9.93. The number of carboxylic acids is 1. The molecule has 0 radical (unpaired) electrons. The van der Waals surface area contributed by atoms with Crippen molar-refractivity contribution in [1.82, 2.24) is 5.32 Å². The summed E-state index contributed by atoms with van der Waals surface area (Å²) in [6.07, 6.45) is 0. The second-order valence-corrected chi connectivity index (χ2v) is 6.55. The molecule has 0 rings (SSSR count). The number of nitrogens with one attached hydrogen (secondary N) is 1. The van der Waals surface area contributed by atoms with Gasteiger partial charge in [0, 0.05) is 11.7 Å². The molecular weight excluding hydrogens is 316 g/mol. The number of hydrogen-bond acceptors (Lipinski definition) is 7. The molecule has 0 aromatic carbocycles. The van der Waals surface area contributed by atoms with Crippen LogP contribution < -0.4 is 5.32 Å². The van der Waals surface area contributed by atoms with Crippen molar-refractivity contribution in [3.05, 3.63) is 10.1 Å². The van der Waals surface area contributed by atoms with Gasteiger partial charge in [0.2, 0.25) is 5.91 Å². The fourth-order valence-corrected chi connectivity index (χ4v) is 2.03. The number of hydrogen-bond donors (Lipinski definition) is 2. The van der Waals surface area contributed by atoms with Crippen molar-refractivity contribution in [1.29, 1.82) is 0 Å². The second kappa shape index (κ2) is 8.57. The molecule has 2 N–H and O–H groups in total. The number of amides is 1. The Morgan fingerprint density at radius 1 is 1.36 bits per heavy atom. The standard InChI is InChI=1S/C12H20N2O7S/c1-7(2)10(17)22-5-8(9(15)16)13-11(18)12(3,4)6-21-14(19)20/h7-8H,5-6H2,1-4H3,(H,13,18)(H,15,16). The van der Waals surface area contributed by atoms with E-state index in [2.05, 4.69) is 10.2 Å². The van der Waals surface area contributed by atoms with E-state index in [-0.39, 0.29) is 16.8 Å². The molecule has 1 atom stereocenters. The zero-order valence-corrected chi connectivity index (χ0v) is 13.6. The minimum atomic E-state index is -1.29. The van der Waals surface area contributed by atoms with Gasteiger partial charge in [-0.1, -0.05) is 25.6 Å². The predicted molar refractivity (Wildman–Crippen MR) is 78.6 cm³/mol. The van der Waals surface area contributed by atoms with Crippen molar-refractivity contribution >= 4 is 28.8 Å². The van der Waals surface area contributed by atoms with Gasteiger partial charge < -0.3 is 15.3 Å². The van der Waals surface area contributed by atoms with Gasteiger partial charge in [-0.25, -0.2) is 4.79 Å². The zero-order valence-electron chi connectivity index (χ0n) is 12.8.